The van der Waals surface area contributed by atoms with Gasteiger partial charge in [0.2, 0.25) is 0 Å². The third-order valence-corrected chi connectivity index (χ3v) is 6.37. The van der Waals surface area contributed by atoms with Crippen molar-refractivity contribution in [2.45, 2.75) is 47.0 Å². The summed E-state index contributed by atoms with van der Waals surface area (Å²) in [4.78, 5) is 12.1. The second-order valence-corrected chi connectivity index (χ2v) is 11.1. The van der Waals surface area contributed by atoms with Crippen LogP contribution >= 0.6 is 23.2 Å². The standard InChI is InChI=1S/C18H19ClO2.C13H8ClNO.C5H11.BrH.Mg/c1-13(2)8-10-17(20)14-9-11-18(16(19)12-14)21-15-6-4-3-5-7-15;14-12-8-10(9-15)6-7-13(12)16-11-4-2-1-3-5-11;1-4-5(2)3;;/h3-7,9,11-13H,8,10H2,1-2H3;1-8H;5H,1,4H2,2-3H3;1H;/q;;-1;;+2/p-1. The molecule has 4 aromatic rings. The van der Waals surface area contributed by atoms with Gasteiger partial charge in [-0.3, -0.25) is 4.79 Å². The van der Waals surface area contributed by atoms with Crippen molar-refractivity contribution in [3.8, 4) is 29.1 Å². The Morgan fingerprint density at radius 3 is 1.61 bits per heavy atom. The Morgan fingerprint density at radius 1 is 0.773 bits per heavy atom. The van der Waals surface area contributed by atoms with E-state index >= 15 is 0 Å². The van der Waals surface area contributed by atoms with E-state index in [1.54, 1.807) is 36.4 Å². The van der Waals surface area contributed by atoms with Gasteiger partial charge in [-0.25, -0.2) is 0 Å². The number of nitriles is 1. The molecule has 0 aromatic heterocycles. The number of Topliss-reactive ketones (excluding diaryl/α,β-unsaturated/α-hetero) is 1. The summed E-state index contributed by atoms with van der Waals surface area (Å²) in [6.45, 7) is 12.2. The normalized spacial score (nSPS) is 9.64. The number of hydrogen-bond acceptors (Lipinski definition) is 4. The topological polar surface area (TPSA) is 59.3 Å². The largest absolute Gasteiger partial charge is 2.00 e. The summed E-state index contributed by atoms with van der Waals surface area (Å²) in [5.74, 6) is 3.96. The monoisotopic (exact) mass is 705 g/mol. The van der Waals surface area contributed by atoms with Crippen molar-refractivity contribution in [2.75, 3.05) is 0 Å². The number of hydrogen-bond donors (Lipinski definition) is 0. The molecule has 0 aliphatic rings. The molecule has 8 heteroatoms. The van der Waals surface area contributed by atoms with Gasteiger partial charge < -0.3 is 33.4 Å². The summed E-state index contributed by atoms with van der Waals surface area (Å²) in [6, 6.07) is 31.0. The number of benzene rings is 4. The van der Waals surface area contributed by atoms with Crippen LogP contribution in [0.1, 0.15) is 62.9 Å². The quantitative estimate of drug-likeness (QED) is 0.1000. The van der Waals surface area contributed by atoms with Crippen molar-refractivity contribution in [1.82, 2.24) is 0 Å². The van der Waals surface area contributed by atoms with Crippen LogP contribution in [-0.2, 0) is 0 Å². The van der Waals surface area contributed by atoms with Crippen LogP contribution < -0.4 is 26.5 Å². The number of rotatable bonds is 9. The average Bonchev–Trinajstić information content (AvgIpc) is 2.99. The Morgan fingerprint density at radius 2 is 1.23 bits per heavy atom. The summed E-state index contributed by atoms with van der Waals surface area (Å²) in [5.41, 5.74) is 1.16. The number of nitrogens with zero attached hydrogens (tertiary/aromatic N) is 1. The van der Waals surface area contributed by atoms with E-state index in [9.17, 15) is 4.79 Å². The average molecular weight is 708 g/mol. The second-order valence-electron chi connectivity index (χ2n) is 10.3. The van der Waals surface area contributed by atoms with Gasteiger partial charge in [0.15, 0.2) is 5.78 Å². The van der Waals surface area contributed by atoms with Crippen LogP contribution in [0.3, 0.4) is 0 Å². The molecule has 0 N–H and O–H groups in total. The first-order valence-electron chi connectivity index (χ1n) is 13.9. The number of carbonyl (C=O) groups is 1. The number of carbonyl (C=O) groups excluding carboxylic acids is 1. The molecular formula is C36H38BrCl2MgNO3. The molecule has 4 aromatic carbocycles. The molecule has 0 saturated heterocycles. The number of para-hydroxylation sites is 2. The van der Waals surface area contributed by atoms with E-state index in [0.29, 0.717) is 50.8 Å². The molecule has 0 aliphatic carbocycles. The minimum atomic E-state index is 0. The van der Waals surface area contributed by atoms with Gasteiger partial charge in [0, 0.05) is 12.0 Å². The van der Waals surface area contributed by atoms with Gasteiger partial charge in [0.25, 0.3) is 0 Å². The van der Waals surface area contributed by atoms with Gasteiger partial charge in [-0.2, -0.15) is 11.7 Å². The predicted molar refractivity (Wildman–Crippen MR) is 180 cm³/mol. The fraction of sp³-hybridized carbons (Fsp3) is 0.250. The molecule has 44 heavy (non-hydrogen) atoms. The van der Waals surface area contributed by atoms with Crippen LogP contribution in [0.4, 0.5) is 0 Å². The first-order chi connectivity index (χ1) is 20.1. The molecule has 0 fully saturated rings. The summed E-state index contributed by atoms with van der Waals surface area (Å²) < 4.78 is 11.3. The molecule has 4 nitrogen and oxygen atoms in total. The fourth-order valence-electron chi connectivity index (χ4n) is 3.21. The van der Waals surface area contributed by atoms with Gasteiger partial charge in [-0.05, 0) is 73.0 Å². The maximum Gasteiger partial charge on any atom is 2.00 e. The molecule has 0 bridgehead atoms. The zero-order valence-corrected chi connectivity index (χ0v) is 30.2. The van der Waals surface area contributed by atoms with E-state index in [0.717, 1.165) is 24.5 Å². The minimum Gasteiger partial charge on any atom is -1.00 e. The Kier molecular flexibility index (Phi) is 21.6. The van der Waals surface area contributed by atoms with Crippen LogP contribution in [-0.4, -0.2) is 28.8 Å². The van der Waals surface area contributed by atoms with Crippen molar-refractivity contribution in [3.63, 3.8) is 0 Å². The van der Waals surface area contributed by atoms with E-state index in [2.05, 4.69) is 34.6 Å². The number of ether oxygens (including phenoxy) is 2. The van der Waals surface area contributed by atoms with E-state index < -0.39 is 0 Å². The van der Waals surface area contributed by atoms with Crippen LogP contribution in [0.25, 0.3) is 0 Å². The maximum absolute atomic E-state index is 12.1. The molecule has 0 amide bonds. The Bertz CT molecular complexity index is 1430. The van der Waals surface area contributed by atoms with Crippen molar-refractivity contribution in [3.05, 3.63) is 125 Å². The van der Waals surface area contributed by atoms with Crippen molar-refractivity contribution >= 4 is 52.0 Å². The van der Waals surface area contributed by atoms with Crippen LogP contribution in [0.2, 0.25) is 10.0 Å². The van der Waals surface area contributed by atoms with Gasteiger partial charge in [-0.1, -0.05) is 93.2 Å². The van der Waals surface area contributed by atoms with Gasteiger partial charge in [0.05, 0.1) is 21.7 Å². The Balaban J connectivity index is 0.000000716. The number of halogens is 3. The summed E-state index contributed by atoms with van der Waals surface area (Å²) in [7, 11) is 0. The third kappa shape index (κ3) is 16.0. The molecule has 4 rings (SSSR count). The van der Waals surface area contributed by atoms with Crippen LogP contribution in [0.5, 0.6) is 23.0 Å². The van der Waals surface area contributed by atoms with E-state index in [-0.39, 0.29) is 45.8 Å². The minimum absolute atomic E-state index is 0. The second kappa shape index (κ2) is 22.9. The maximum atomic E-state index is 12.1. The molecule has 0 atom stereocenters. The van der Waals surface area contributed by atoms with E-state index in [1.807, 2.05) is 66.7 Å². The fourth-order valence-corrected chi connectivity index (χ4v) is 3.64. The van der Waals surface area contributed by atoms with Gasteiger partial charge >= 0.3 is 23.1 Å². The molecule has 0 spiro atoms. The smallest absolute Gasteiger partial charge is 1.00 e. The van der Waals surface area contributed by atoms with Crippen LogP contribution in [0.15, 0.2) is 97.1 Å². The predicted octanol–water partition coefficient (Wildman–Crippen LogP) is 8.24. The molecule has 0 saturated carbocycles. The molecular weight excluding hydrogens is 670 g/mol. The summed E-state index contributed by atoms with van der Waals surface area (Å²) in [5, 5.41) is 9.58. The SMILES string of the molecule is CC(C)CCC(=O)c1ccc(Oc2ccccc2)c(Cl)c1.N#Cc1ccc(Oc2ccccc2)c(Cl)c1.[Br-].[CH2-]CC(C)C.[Mg+2]. The molecule has 0 unspecified atom stereocenters. The van der Waals surface area contributed by atoms with Crippen molar-refractivity contribution < 1.29 is 31.2 Å². The Labute approximate surface area is 299 Å². The first-order valence-corrected chi connectivity index (χ1v) is 14.7. The molecule has 228 valence electrons. The zero-order valence-electron chi connectivity index (χ0n) is 25.7. The summed E-state index contributed by atoms with van der Waals surface area (Å²) >= 11 is 12.2. The van der Waals surface area contributed by atoms with Crippen molar-refractivity contribution in [1.29, 1.82) is 5.26 Å². The molecule has 0 heterocycles. The first kappa shape index (κ1) is 41.5. The molecule has 0 aliphatic heterocycles. The van der Waals surface area contributed by atoms with Crippen molar-refractivity contribution in [2.24, 2.45) is 11.8 Å². The zero-order chi connectivity index (χ0) is 30.9. The summed E-state index contributed by atoms with van der Waals surface area (Å²) in [6.07, 6.45) is 2.49. The Hall–Kier alpha value is -2.53. The van der Waals surface area contributed by atoms with Gasteiger partial charge in [0.1, 0.15) is 23.0 Å². The van der Waals surface area contributed by atoms with Gasteiger partial charge in [-0.15, -0.1) is 0 Å². The number of ketones is 1. The van der Waals surface area contributed by atoms with E-state index in [1.165, 1.54) is 0 Å². The molecule has 0 radical (unpaired) electrons. The van der Waals surface area contributed by atoms with E-state index in [4.69, 9.17) is 37.9 Å². The van der Waals surface area contributed by atoms with Crippen LogP contribution in [0, 0.1) is 30.1 Å². The third-order valence-electron chi connectivity index (χ3n) is 5.78.